The number of aryl methyl sites for hydroxylation is 1. The van der Waals surface area contributed by atoms with Crippen molar-refractivity contribution in [2.45, 2.75) is 25.4 Å². The van der Waals surface area contributed by atoms with Crippen LogP contribution in [0.15, 0.2) is 55.2 Å². The molecule has 1 aliphatic carbocycles. The second-order valence-electron chi connectivity index (χ2n) is 7.97. The Hall–Kier alpha value is -2.47. The first-order chi connectivity index (χ1) is 14.8. The molecule has 0 amide bonds. The van der Waals surface area contributed by atoms with Crippen LogP contribution in [0.4, 0.5) is 0 Å². The Morgan fingerprint density at radius 2 is 2.03 bits per heavy atom. The van der Waals surface area contributed by atoms with Crippen LogP contribution in [0.1, 0.15) is 41.3 Å². The van der Waals surface area contributed by atoms with Gasteiger partial charge in [-0.05, 0) is 59.4 Å². The number of aromatic nitrogens is 3. The Morgan fingerprint density at radius 3 is 2.87 bits per heavy atom. The Bertz CT molecular complexity index is 1040. The number of allylic oxidation sites excluding steroid dienone is 1. The Kier molecular flexibility index (Phi) is 5.67. The second kappa shape index (κ2) is 8.72. The third-order valence-corrected chi connectivity index (χ3v) is 6.29. The molecule has 5 nitrogen and oxygen atoms in total. The molecular weight excluding hydrogens is 394 g/mol. The Balaban J connectivity index is 1.55. The smallest absolute Gasteiger partial charge is 0.0945 e. The number of nitrogens with zero attached hydrogens (tertiary/aromatic N) is 4. The first kappa shape index (κ1) is 19.5. The summed E-state index contributed by atoms with van der Waals surface area (Å²) in [7, 11) is 0. The van der Waals surface area contributed by atoms with Crippen LogP contribution in [0.25, 0.3) is 11.6 Å². The van der Waals surface area contributed by atoms with E-state index in [0.29, 0.717) is 0 Å². The maximum atomic E-state index is 6.48. The van der Waals surface area contributed by atoms with Crippen molar-refractivity contribution in [1.82, 2.24) is 24.8 Å². The standard InChI is InChI=1S/C24H26ClN5/c25-20-5-6-21-22(16-20)18(4-2-11-29-12-8-27-17-29)15-19-3-1-7-28-23(19)24(21)30-13-9-26-10-14-30/h1,3,5-8,12,15-17,24,26H,2,4,9-11,13-14H2. The summed E-state index contributed by atoms with van der Waals surface area (Å²) >= 11 is 6.48. The fraction of sp³-hybridized carbons (Fsp3) is 0.333. The molecule has 1 saturated heterocycles. The summed E-state index contributed by atoms with van der Waals surface area (Å²) in [6, 6.07) is 10.8. The van der Waals surface area contributed by atoms with Crippen molar-refractivity contribution in [2.75, 3.05) is 26.2 Å². The van der Waals surface area contributed by atoms with E-state index in [9.17, 15) is 0 Å². The molecule has 0 radical (unpaired) electrons. The number of nitrogens with one attached hydrogen (secondary N) is 1. The molecule has 5 rings (SSSR count). The normalized spacial score (nSPS) is 19.0. The van der Waals surface area contributed by atoms with Crippen LogP contribution in [0.2, 0.25) is 5.02 Å². The molecule has 2 aliphatic rings. The summed E-state index contributed by atoms with van der Waals surface area (Å²) < 4.78 is 2.13. The van der Waals surface area contributed by atoms with Crippen molar-refractivity contribution >= 4 is 23.3 Å². The number of piperazine rings is 1. The van der Waals surface area contributed by atoms with E-state index in [1.807, 2.05) is 37.1 Å². The number of benzene rings is 1. The van der Waals surface area contributed by atoms with Crippen LogP contribution in [0.3, 0.4) is 0 Å². The lowest BCUT2D eigenvalue weighted by atomic mass is 9.92. The molecule has 3 aromatic rings. The lowest BCUT2D eigenvalue weighted by molar-refractivity contribution is 0.195. The molecule has 1 aliphatic heterocycles. The molecule has 1 aromatic carbocycles. The van der Waals surface area contributed by atoms with Gasteiger partial charge in [-0.2, -0.15) is 0 Å². The average Bonchev–Trinajstić information content (AvgIpc) is 3.25. The van der Waals surface area contributed by atoms with Crippen molar-refractivity contribution in [1.29, 1.82) is 0 Å². The lowest BCUT2D eigenvalue weighted by Gasteiger charge is -2.35. The van der Waals surface area contributed by atoms with E-state index in [1.54, 1.807) is 0 Å². The van der Waals surface area contributed by atoms with Gasteiger partial charge < -0.3 is 9.88 Å². The Morgan fingerprint density at radius 1 is 1.13 bits per heavy atom. The molecule has 154 valence electrons. The SMILES string of the molecule is Clc1ccc2c(c1)C(CCCn1ccnc1)=Cc1cccnc1C2N1CCNCC1. The quantitative estimate of drug-likeness (QED) is 0.671. The number of rotatable bonds is 5. The van der Waals surface area contributed by atoms with E-state index in [1.165, 1.54) is 22.3 Å². The highest BCUT2D eigenvalue weighted by molar-refractivity contribution is 6.30. The van der Waals surface area contributed by atoms with Crippen molar-refractivity contribution in [3.63, 3.8) is 0 Å². The minimum atomic E-state index is 0.151. The van der Waals surface area contributed by atoms with Crippen molar-refractivity contribution in [2.24, 2.45) is 0 Å². The molecule has 1 unspecified atom stereocenters. The summed E-state index contributed by atoms with van der Waals surface area (Å²) in [4.78, 5) is 11.6. The molecule has 0 saturated carbocycles. The minimum Gasteiger partial charge on any atom is -0.337 e. The number of hydrogen-bond acceptors (Lipinski definition) is 4. The van der Waals surface area contributed by atoms with Crippen molar-refractivity contribution in [3.05, 3.63) is 82.7 Å². The topological polar surface area (TPSA) is 46.0 Å². The summed E-state index contributed by atoms with van der Waals surface area (Å²) in [5, 5.41) is 4.26. The van der Waals surface area contributed by atoms with Gasteiger partial charge in [0.2, 0.25) is 0 Å². The van der Waals surface area contributed by atoms with Gasteiger partial charge in [-0.3, -0.25) is 9.88 Å². The van der Waals surface area contributed by atoms with Crippen LogP contribution in [0.5, 0.6) is 0 Å². The molecule has 3 heterocycles. The summed E-state index contributed by atoms with van der Waals surface area (Å²) in [6.45, 7) is 4.99. The van der Waals surface area contributed by atoms with Gasteiger partial charge in [-0.25, -0.2) is 4.98 Å². The zero-order chi connectivity index (χ0) is 20.3. The number of halogens is 1. The molecule has 30 heavy (non-hydrogen) atoms. The zero-order valence-corrected chi connectivity index (χ0v) is 17.7. The molecule has 0 bridgehead atoms. The minimum absolute atomic E-state index is 0.151. The highest BCUT2D eigenvalue weighted by Gasteiger charge is 2.31. The predicted octanol–water partition coefficient (Wildman–Crippen LogP) is 4.26. The van der Waals surface area contributed by atoms with Gasteiger partial charge in [-0.1, -0.05) is 23.7 Å². The number of fused-ring (bicyclic) bond motifs is 2. The molecule has 6 heteroatoms. The maximum absolute atomic E-state index is 6.48. The maximum Gasteiger partial charge on any atom is 0.0945 e. The van der Waals surface area contributed by atoms with E-state index in [2.05, 4.69) is 44.0 Å². The van der Waals surface area contributed by atoms with E-state index in [4.69, 9.17) is 16.6 Å². The highest BCUT2D eigenvalue weighted by Crippen LogP contribution is 2.41. The van der Waals surface area contributed by atoms with Crippen LogP contribution in [0, 0.1) is 0 Å². The van der Waals surface area contributed by atoms with Crippen LogP contribution < -0.4 is 5.32 Å². The van der Waals surface area contributed by atoms with Crippen LogP contribution in [-0.4, -0.2) is 45.6 Å². The lowest BCUT2D eigenvalue weighted by Crippen LogP contribution is -2.45. The molecule has 1 fully saturated rings. The second-order valence-corrected chi connectivity index (χ2v) is 8.41. The first-order valence-corrected chi connectivity index (χ1v) is 11.0. The first-order valence-electron chi connectivity index (χ1n) is 10.7. The van der Waals surface area contributed by atoms with Gasteiger partial charge in [-0.15, -0.1) is 0 Å². The monoisotopic (exact) mass is 419 g/mol. The molecule has 1 atom stereocenters. The van der Waals surface area contributed by atoms with E-state index < -0.39 is 0 Å². The van der Waals surface area contributed by atoms with E-state index in [0.717, 1.165) is 56.3 Å². The number of hydrogen-bond donors (Lipinski definition) is 1. The Labute approximate surface area is 182 Å². The summed E-state index contributed by atoms with van der Waals surface area (Å²) in [6.07, 6.45) is 12.0. The van der Waals surface area contributed by atoms with Crippen molar-refractivity contribution < 1.29 is 0 Å². The highest BCUT2D eigenvalue weighted by atomic mass is 35.5. The third kappa shape index (κ3) is 3.93. The molecular formula is C24H26ClN5. The molecule has 0 spiro atoms. The summed E-state index contributed by atoms with van der Waals surface area (Å²) in [5.41, 5.74) is 6.26. The van der Waals surface area contributed by atoms with Crippen LogP contribution in [-0.2, 0) is 6.54 Å². The van der Waals surface area contributed by atoms with E-state index >= 15 is 0 Å². The zero-order valence-electron chi connectivity index (χ0n) is 17.0. The fourth-order valence-electron chi connectivity index (χ4n) is 4.63. The van der Waals surface area contributed by atoms with Gasteiger partial charge in [0.1, 0.15) is 0 Å². The van der Waals surface area contributed by atoms with E-state index in [-0.39, 0.29) is 6.04 Å². The number of pyridine rings is 1. The van der Waals surface area contributed by atoms with Gasteiger partial charge in [0.15, 0.2) is 0 Å². The van der Waals surface area contributed by atoms with Crippen molar-refractivity contribution in [3.8, 4) is 0 Å². The predicted molar refractivity (Wildman–Crippen MR) is 121 cm³/mol. The van der Waals surface area contributed by atoms with Gasteiger partial charge in [0.25, 0.3) is 0 Å². The molecule has 2 aromatic heterocycles. The fourth-order valence-corrected chi connectivity index (χ4v) is 4.80. The average molecular weight is 420 g/mol. The van der Waals surface area contributed by atoms with Gasteiger partial charge in [0, 0.05) is 56.3 Å². The molecule has 1 N–H and O–H groups in total. The van der Waals surface area contributed by atoms with Gasteiger partial charge in [0.05, 0.1) is 18.1 Å². The third-order valence-electron chi connectivity index (χ3n) is 6.05. The van der Waals surface area contributed by atoms with Crippen LogP contribution >= 0.6 is 11.6 Å². The summed E-state index contributed by atoms with van der Waals surface area (Å²) in [5.74, 6) is 0. The number of imidazole rings is 1. The largest absolute Gasteiger partial charge is 0.337 e. The van der Waals surface area contributed by atoms with Gasteiger partial charge >= 0.3 is 0 Å².